The Morgan fingerprint density at radius 3 is 2.37 bits per heavy atom. The Bertz CT molecular complexity index is 826. The van der Waals surface area contributed by atoms with E-state index in [-0.39, 0.29) is 5.54 Å². The molecule has 160 valence electrons. The lowest BCUT2D eigenvalue weighted by Gasteiger charge is -2.49. The summed E-state index contributed by atoms with van der Waals surface area (Å²) in [5.74, 6) is 0.341. The first-order valence-corrected chi connectivity index (χ1v) is 11.4. The summed E-state index contributed by atoms with van der Waals surface area (Å²) in [6.07, 6.45) is 12.1. The molecule has 4 heteroatoms. The molecule has 2 fully saturated rings. The molecule has 1 amide bonds. The van der Waals surface area contributed by atoms with Crippen LogP contribution in [0.1, 0.15) is 56.1 Å². The molecule has 1 aromatic heterocycles. The van der Waals surface area contributed by atoms with E-state index in [1.807, 2.05) is 24.5 Å². The minimum atomic E-state index is 0.133. The third-order valence-corrected chi connectivity index (χ3v) is 7.70. The highest BCUT2D eigenvalue weighted by atomic mass is 16.2. The number of aromatic nitrogens is 1. The Labute approximate surface area is 181 Å². The smallest absolute Gasteiger partial charge is 0.222 e. The van der Waals surface area contributed by atoms with Gasteiger partial charge in [-0.15, -0.1) is 0 Å². The summed E-state index contributed by atoms with van der Waals surface area (Å²) in [4.78, 5) is 21.5. The Hall–Kier alpha value is -2.20. The molecule has 0 atom stereocenters. The number of benzene rings is 1. The molecule has 1 aliphatic carbocycles. The lowest BCUT2D eigenvalue weighted by Crippen LogP contribution is -2.47. The van der Waals surface area contributed by atoms with Crippen molar-refractivity contribution in [2.45, 2.75) is 56.9 Å². The number of carbonyl (C=O) groups is 1. The van der Waals surface area contributed by atoms with Crippen molar-refractivity contribution in [3.8, 4) is 0 Å². The molecule has 0 radical (unpaired) electrons. The van der Waals surface area contributed by atoms with Gasteiger partial charge in [0, 0.05) is 37.4 Å². The summed E-state index contributed by atoms with van der Waals surface area (Å²) in [5.41, 5.74) is 3.17. The second kappa shape index (κ2) is 8.89. The molecule has 2 aliphatic rings. The van der Waals surface area contributed by atoms with E-state index in [9.17, 15) is 4.79 Å². The van der Waals surface area contributed by atoms with Crippen LogP contribution in [0.2, 0.25) is 0 Å². The van der Waals surface area contributed by atoms with Gasteiger partial charge in [-0.1, -0.05) is 30.3 Å². The van der Waals surface area contributed by atoms with Crippen LogP contribution in [0.25, 0.3) is 0 Å². The summed E-state index contributed by atoms with van der Waals surface area (Å²) in [6.45, 7) is 1.90. The van der Waals surface area contributed by atoms with Crippen molar-refractivity contribution in [3.63, 3.8) is 0 Å². The number of pyridine rings is 1. The number of carbonyl (C=O) groups excluding carboxylic acids is 1. The monoisotopic (exact) mass is 405 g/mol. The Morgan fingerprint density at radius 2 is 1.70 bits per heavy atom. The van der Waals surface area contributed by atoms with E-state index in [0.29, 0.717) is 17.7 Å². The van der Waals surface area contributed by atoms with Gasteiger partial charge >= 0.3 is 0 Å². The zero-order chi connectivity index (χ0) is 21.0. The minimum absolute atomic E-state index is 0.133. The molecule has 2 aromatic rings. The predicted octanol–water partition coefficient (Wildman–Crippen LogP) is 4.65. The lowest BCUT2D eigenvalue weighted by atomic mass is 9.64. The van der Waals surface area contributed by atoms with Gasteiger partial charge in [0.1, 0.15) is 0 Å². The molecular weight excluding hydrogens is 370 g/mol. The van der Waals surface area contributed by atoms with Crippen LogP contribution in [0, 0.1) is 5.41 Å². The van der Waals surface area contributed by atoms with Crippen LogP contribution in [-0.4, -0.2) is 47.9 Å². The fourth-order valence-electron chi connectivity index (χ4n) is 5.64. The maximum atomic E-state index is 12.8. The molecule has 4 rings (SSSR count). The SMILES string of the molecule is CN(C)C1(c2ccccc2)CCC2(CCN(C(=O)CCCc3ccncc3)C2)CC1. The standard InChI is InChI=1S/C26H35N3O/c1-28(2)26(23-8-4-3-5-9-23)15-13-25(14-16-26)17-20-29(21-25)24(30)10-6-7-22-11-18-27-19-12-22/h3-5,8-9,11-12,18-19H,6-7,10,13-17,20-21H2,1-2H3. The number of aryl methyl sites for hydroxylation is 1. The number of amides is 1. The molecule has 1 aliphatic heterocycles. The summed E-state index contributed by atoms with van der Waals surface area (Å²) in [5, 5.41) is 0. The van der Waals surface area contributed by atoms with Gasteiger partial charge in [-0.3, -0.25) is 14.7 Å². The molecule has 1 aromatic carbocycles. The van der Waals surface area contributed by atoms with Gasteiger partial charge in [0.2, 0.25) is 5.91 Å². The number of hydrogen-bond acceptors (Lipinski definition) is 3. The maximum absolute atomic E-state index is 12.8. The third-order valence-electron chi connectivity index (χ3n) is 7.70. The molecule has 0 unspecified atom stereocenters. The second-order valence-corrected chi connectivity index (χ2v) is 9.57. The summed E-state index contributed by atoms with van der Waals surface area (Å²) >= 11 is 0. The van der Waals surface area contributed by atoms with E-state index in [4.69, 9.17) is 0 Å². The highest BCUT2D eigenvalue weighted by molar-refractivity contribution is 5.76. The normalized spacial score (nSPS) is 26.4. The van der Waals surface area contributed by atoms with Gasteiger partial charge in [0.25, 0.3) is 0 Å². The van der Waals surface area contributed by atoms with Crippen LogP contribution >= 0.6 is 0 Å². The van der Waals surface area contributed by atoms with Crippen molar-refractivity contribution in [1.82, 2.24) is 14.8 Å². The first kappa shape index (κ1) is 21.0. The van der Waals surface area contributed by atoms with Gasteiger partial charge in [0.15, 0.2) is 0 Å². The van der Waals surface area contributed by atoms with Crippen molar-refractivity contribution < 1.29 is 4.79 Å². The van der Waals surface area contributed by atoms with Gasteiger partial charge in [-0.25, -0.2) is 0 Å². The molecule has 0 bridgehead atoms. The fourth-order valence-corrected chi connectivity index (χ4v) is 5.64. The Kier molecular flexibility index (Phi) is 6.24. The van der Waals surface area contributed by atoms with Crippen molar-refractivity contribution in [1.29, 1.82) is 0 Å². The number of likely N-dealkylation sites (tertiary alicyclic amines) is 1. The Balaban J connectivity index is 1.32. The van der Waals surface area contributed by atoms with Gasteiger partial charge in [-0.2, -0.15) is 0 Å². The average molecular weight is 406 g/mol. The van der Waals surface area contributed by atoms with Crippen molar-refractivity contribution >= 4 is 5.91 Å². The lowest BCUT2D eigenvalue weighted by molar-refractivity contribution is -0.130. The topological polar surface area (TPSA) is 36.4 Å². The number of nitrogens with zero attached hydrogens (tertiary/aromatic N) is 3. The molecule has 30 heavy (non-hydrogen) atoms. The summed E-state index contributed by atoms with van der Waals surface area (Å²) in [6, 6.07) is 15.1. The minimum Gasteiger partial charge on any atom is -0.342 e. The van der Waals surface area contributed by atoms with Crippen LogP contribution in [-0.2, 0) is 16.8 Å². The maximum Gasteiger partial charge on any atom is 0.222 e. The van der Waals surface area contributed by atoms with E-state index >= 15 is 0 Å². The molecular formula is C26H35N3O. The van der Waals surface area contributed by atoms with Crippen molar-refractivity contribution in [3.05, 3.63) is 66.0 Å². The summed E-state index contributed by atoms with van der Waals surface area (Å²) in [7, 11) is 4.44. The van der Waals surface area contributed by atoms with E-state index < -0.39 is 0 Å². The highest BCUT2D eigenvalue weighted by Crippen LogP contribution is 2.51. The van der Waals surface area contributed by atoms with Crippen LogP contribution in [0.4, 0.5) is 0 Å². The molecule has 0 N–H and O–H groups in total. The van der Waals surface area contributed by atoms with Crippen LogP contribution in [0.3, 0.4) is 0 Å². The van der Waals surface area contributed by atoms with Gasteiger partial charge in [0.05, 0.1) is 0 Å². The summed E-state index contributed by atoms with van der Waals surface area (Å²) < 4.78 is 0. The molecule has 1 spiro atoms. The van der Waals surface area contributed by atoms with Crippen LogP contribution in [0.5, 0.6) is 0 Å². The molecule has 1 saturated heterocycles. The van der Waals surface area contributed by atoms with Gasteiger partial charge in [-0.05, 0) is 87.7 Å². The van der Waals surface area contributed by atoms with E-state index in [0.717, 1.165) is 25.9 Å². The first-order chi connectivity index (χ1) is 14.5. The second-order valence-electron chi connectivity index (χ2n) is 9.57. The highest BCUT2D eigenvalue weighted by Gasteiger charge is 2.48. The van der Waals surface area contributed by atoms with Crippen LogP contribution < -0.4 is 0 Å². The first-order valence-electron chi connectivity index (χ1n) is 11.4. The largest absolute Gasteiger partial charge is 0.342 e. The molecule has 1 saturated carbocycles. The number of hydrogen-bond donors (Lipinski definition) is 0. The van der Waals surface area contributed by atoms with E-state index in [1.54, 1.807) is 0 Å². The van der Waals surface area contributed by atoms with Crippen molar-refractivity contribution in [2.24, 2.45) is 5.41 Å². The zero-order valence-corrected chi connectivity index (χ0v) is 18.5. The van der Waals surface area contributed by atoms with Crippen molar-refractivity contribution in [2.75, 3.05) is 27.2 Å². The van der Waals surface area contributed by atoms with E-state index in [1.165, 1.54) is 43.2 Å². The molecule has 2 heterocycles. The van der Waals surface area contributed by atoms with Gasteiger partial charge < -0.3 is 4.90 Å². The quantitative estimate of drug-likeness (QED) is 0.702. The zero-order valence-electron chi connectivity index (χ0n) is 18.5. The third kappa shape index (κ3) is 4.29. The number of rotatable bonds is 6. The average Bonchev–Trinajstić information content (AvgIpc) is 3.19. The molecule has 4 nitrogen and oxygen atoms in total. The van der Waals surface area contributed by atoms with Crippen LogP contribution in [0.15, 0.2) is 54.9 Å². The Morgan fingerprint density at radius 1 is 1.00 bits per heavy atom. The predicted molar refractivity (Wildman–Crippen MR) is 121 cm³/mol. The fraction of sp³-hybridized carbons (Fsp3) is 0.538. The van der Waals surface area contributed by atoms with E-state index in [2.05, 4.69) is 59.2 Å².